The Bertz CT molecular complexity index is 487. The predicted octanol–water partition coefficient (Wildman–Crippen LogP) is 1.88. The molecule has 1 aromatic carbocycles. The third-order valence-electron chi connectivity index (χ3n) is 2.32. The maximum atomic E-state index is 9.76. The molecule has 0 aliphatic rings. The van der Waals surface area contributed by atoms with Crippen molar-refractivity contribution in [3.8, 4) is 0 Å². The molecule has 0 fully saturated rings. The second-order valence-electron chi connectivity index (χ2n) is 3.29. The Morgan fingerprint density at radius 2 is 2.20 bits per heavy atom. The molecule has 0 bridgehead atoms. The van der Waals surface area contributed by atoms with E-state index in [2.05, 4.69) is 4.98 Å². The molecule has 2 rings (SSSR count). The summed E-state index contributed by atoms with van der Waals surface area (Å²) in [5.41, 5.74) is 6.75. The molecule has 1 unspecified atom stereocenters. The van der Waals surface area contributed by atoms with Crippen LogP contribution in [0.3, 0.4) is 0 Å². The first-order chi connectivity index (χ1) is 7.24. The highest BCUT2D eigenvalue weighted by Gasteiger charge is 2.14. The van der Waals surface area contributed by atoms with Crippen LogP contribution in [0.5, 0.6) is 0 Å². The molecular weight excluding hydrogens is 212 g/mol. The van der Waals surface area contributed by atoms with Crippen molar-refractivity contribution in [1.82, 2.24) is 4.98 Å². The highest BCUT2D eigenvalue weighted by Crippen LogP contribution is 2.29. The molecule has 3 N–H and O–H groups in total. The van der Waals surface area contributed by atoms with E-state index in [-0.39, 0.29) is 6.54 Å². The lowest BCUT2D eigenvalue weighted by Crippen LogP contribution is -2.12. The summed E-state index contributed by atoms with van der Waals surface area (Å²) >= 11 is 6.02. The zero-order valence-corrected chi connectivity index (χ0v) is 8.78. The SMILES string of the molecule is NCC(O)c1c(Cl)ccc2cccnc12. The number of rotatable bonds is 2. The third-order valence-corrected chi connectivity index (χ3v) is 2.65. The van der Waals surface area contributed by atoms with E-state index in [0.717, 1.165) is 5.39 Å². The van der Waals surface area contributed by atoms with Crippen molar-refractivity contribution >= 4 is 22.5 Å². The van der Waals surface area contributed by atoms with Crippen LogP contribution in [0.25, 0.3) is 10.9 Å². The fraction of sp³-hybridized carbons (Fsp3) is 0.182. The van der Waals surface area contributed by atoms with Gasteiger partial charge in [-0.05, 0) is 12.1 Å². The van der Waals surface area contributed by atoms with Crippen LogP contribution in [0.1, 0.15) is 11.7 Å². The van der Waals surface area contributed by atoms with Crippen LogP contribution in [-0.2, 0) is 0 Å². The van der Waals surface area contributed by atoms with Crippen molar-refractivity contribution in [2.75, 3.05) is 6.54 Å². The van der Waals surface area contributed by atoms with E-state index in [4.69, 9.17) is 17.3 Å². The van der Waals surface area contributed by atoms with Crippen molar-refractivity contribution in [3.05, 3.63) is 41.0 Å². The average Bonchev–Trinajstić information content (AvgIpc) is 2.28. The van der Waals surface area contributed by atoms with Gasteiger partial charge >= 0.3 is 0 Å². The summed E-state index contributed by atoms with van der Waals surface area (Å²) in [6.07, 6.45) is 0.905. The number of aliphatic hydroxyl groups is 1. The Morgan fingerprint density at radius 1 is 1.40 bits per heavy atom. The molecule has 0 saturated carbocycles. The van der Waals surface area contributed by atoms with Gasteiger partial charge in [0.1, 0.15) is 0 Å². The number of nitrogens with zero attached hydrogens (tertiary/aromatic N) is 1. The van der Waals surface area contributed by atoms with E-state index in [1.807, 2.05) is 18.2 Å². The summed E-state index contributed by atoms with van der Waals surface area (Å²) in [5, 5.41) is 11.2. The molecule has 4 heteroatoms. The largest absolute Gasteiger partial charge is 0.387 e. The summed E-state index contributed by atoms with van der Waals surface area (Å²) in [4.78, 5) is 4.21. The molecule has 2 aromatic rings. The zero-order valence-electron chi connectivity index (χ0n) is 8.02. The van der Waals surface area contributed by atoms with Gasteiger partial charge < -0.3 is 10.8 Å². The fourth-order valence-corrected chi connectivity index (χ4v) is 1.86. The van der Waals surface area contributed by atoms with E-state index in [9.17, 15) is 5.11 Å². The molecule has 0 saturated heterocycles. The minimum absolute atomic E-state index is 0.134. The summed E-state index contributed by atoms with van der Waals surface area (Å²) in [6, 6.07) is 7.39. The Balaban J connectivity index is 2.74. The van der Waals surface area contributed by atoms with Gasteiger partial charge in [0, 0.05) is 28.7 Å². The number of nitrogens with two attached hydrogens (primary N) is 1. The average molecular weight is 223 g/mol. The Kier molecular flexibility index (Phi) is 2.86. The zero-order chi connectivity index (χ0) is 10.8. The lowest BCUT2D eigenvalue weighted by Gasteiger charge is -2.12. The number of halogens is 1. The lowest BCUT2D eigenvalue weighted by atomic mass is 10.0. The molecule has 3 nitrogen and oxygen atoms in total. The van der Waals surface area contributed by atoms with Crippen molar-refractivity contribution in [1.29, 1.82) is 0 Å². The number of benzene rings is 1. The maximum absolute atomic E-state index is 9.76. The molecule has 1 heterocycles. The molecule has 15 heavy (non-hydrogen) atoms. The van der Waals surface area contributed by atoms with E-state index in [1.165, 1.54) is 0 Å². The van der Waals surface area contributed by atoms with E-state index in [0.29, 0.717) is 16.1 Å². The van der Waals surface area contributed by atoms with Crippen LogP contribution in [0.4, 0.5) is 0 Å². The molecule has 78 valence electrons. The first kappa shape index (κ1) is 10.4. The molecule has 1 aromatic heterocycles. The smallest absolute Gasteiger partial charge is 0.0947 e. The van der Waals surface area contributed by atoms with Crippen molar-refractivity contribution < 1.29 is 5.11 Å². The second-order valence-corrected chi connectivity index (χ2v) is 3.69. The molecule has 0 radical (unpaired) electrons. The van der Waals surface area contributed by atoms with Crippen molar-refractivity contribution in [2.45, 2.75) is 6.10 Å². The van der Waals surface area contributed by atoms with Gasteiger partial charge in [-0.25, -0.2) is 0 Å². The standard InChI is InChI=1S/C11H11ClN2O/c12-8-4-3-7-2-1-5-14-11(7)10(8)9(15)6-13/h1-5,9,15H,6,13H2. The summed E-state index contributed by atoms with van der Waals surface area (Å²) in [5.74, 6) is 0. The van der Waals surface area contributed by atoms with Gasteiger partial charge in [-0.3, -0.25) is 4.98 Å². The normalized spacial score (nSPS) is 13.0. The number of pyridine rings is 1. The highest BCUT2D eigenvalue weighted by molar-refractivity contribution is 6.32. The van der Waals surface area contributed by atoms with Crippen molar-refractivity contribution in [2.24, 2.45) is 5.73 Å². The van der Waals surface area contributed by atoms with Crippen LogP contribution in [0.15, 0.2) is 30.5 Å². The molecular formula is C11H11ClN2O. The molecule has 0 aliphatic carbocycles. The van der Waals surface area contributed by atoms with Crippen LogP contribution >= 0.6 is 11.6 Å². The van der Waals surface area contributed by atoms with E-state index in [1.54, 1.807) is 12.3 Å². The number of hydrogen-bond donors (Lipinski definition) is 2. The minimum atomic E-state index is -0.768. The minimum Gasteiger partial charge on any atom is -0.387 e. The quantitative estimate of drug-likeness (QED) is 0.816. The summed E-state index contributed by atoms with van der Waals surface area (Å²) in [7, 11) is 0. The van der Waals surface area contributed by atoms with Crippen LogP contribution in [0.2, 0.25) is 5.02 Å². The van der Waals surface area contributed by atoms with Crippen LogP contribution < -0.4 is 5.73 Å². The van der Waals surface area contributed by atoms with Gasteiger partial charge in [-0.1, -0.05) is 23.7 Å². The topological polar surface area (TPSA) is 59.1 Å². The fourth-order valence-electron chi connectivity index (χ4n) is 1.58. The van der Waals surface area contributed by atoms with Gasteiger partial charge in [0.25, 0.3) is 0 Å². The lowest BCUT2D eigenvalue weighted by molar-refractivity contribution is 0.188. The third kappa shape index (κ3) is 1.81. The monoisotopic (exact) mass is 222 g/mol. The summed E-state index contributed by atoms with van der Waals surface area (Å²) in [6.45, 7) is 0.134. The molecule has 0 spiro atoms. The molecule has 0 amide bonds. The predicted molar refractivity (Wildman–Crippen MR) is 60.8 cm³/mol. The van der Waals surface area contributed by atoms with Crippen molar-refractivity contribution in [3.63, 3.8) is 0 Å². The number of hydrogen-bond acceptors (Lipinski definition) is 3. The maximum Gasteiger partial charge on any atom is 0.0947 e. The van der Waals surface area contributed by atoms with Crippen LogP contribution in [-0.4, -0.2) is 16.6 Å². The highest BCUT2D eigenvalue weighted by atomic mass is 35.5. The second kappa shape index (κ2) is 4.14. The van der Waals surface area contributed by atoms with Gasteiger partial charge in [0.05, 0.1) is 11.6 Å². The Morgan fingerprint density at radius 3 is 2.93 bits per heavy atom. The number of aromatic nitrogens is 1. The first-order valence-corrected chi connectivity index (χ1v) is 5.03. The van der Waals surface area contributed by atoms with Gasteiger partial charge in [0.2, 0.25) is 0 Å². The first-order valence-electron chi connectivity index (χ1n) is 4.65. The Labute approximate surface area is 92.5 Å². The number of fused-ring (bicyclic) bond motifs is 1. The Hall–Kier alpha value is -1.16. The van der Waals surface area contributed by atoms with Gasteiger partial charge in [-0.15, -0.1) is 0 Å². The molecule has 0 aliphatic heterocycles. The van der Waals surface area contributed by atoms with Gasteiger partial charge in [-0.2, -0.15) is 0 Å². The number of aliphatic hydroxyl groups excluding tert-OH is 1. The van der Waals surface area contributed by atoms with E-state index < -0.39 is 6.10 Å². The van der Waals surface area contributed by atoms with Gasteiger partial charge in [0.15, 0.2) is 0 Å². The van der Waals surface area contributed by atoms with E-state index >= 15 is 0 Å². The molecule has 1 atom stereocenters. The summed E-state index contributed by atoms with van der Waals surface area (Å²) < 4.78 is 0. The van der Waals surface area contributed by atoms with Crippen LogP contribution in [0, 0.1) is 0 Å².